The summed E-state index contributed by atoms with van der Waals surface area (Å²) in [6.07, 6.45) is 0. The highest BCUT2D eigenvalue weighted by Crippen LogP contribution is 2.20. The Kier molecular flexibility index (Phi) is 3.58. The van der Waals surface area contributed by atoms with Crippen molar-refractivity contribution in [1.29, 1.82) is 0 Å². The number of hydrogen-bond donors (Lipinski definition) is 1. The molecular weight excluding hydrogens is 284 g/mol. The first kappa shape index (κ1) is 13.6. The van der Waals surface area contributed by atoms with Gasteiger partial charge in [0.05, 0.1) is 16.4 Å². The zero-order valence-electron chi connectivity index (χ0n) is 11.2. The van der Waals surface area contributed by atoms with E-state index < -0.39 is 5.76 Å². The Labute approximate surface area is 126 Å². The molecule has 4 nitrogen and oxygen atoms in total. The van der Waals surface area contributed by atoms with Crippen LogP contribution in [0.1, 0.15) is 11.5 Å². The van der Waals surface area contributed by atoms with Crippen LogP contribution in [-0.4, -0.2) is 9.56 Å². The number of nitrogens with zero attached hydrogens (tertiary/aromatic N) is 1. The molecule has 2 aromatic carbocycles. The van der Waals surface area contributed by atoms with Crippen LogP contribution in [-0.2, 0) is 6.54 Å². The average molecular weight is 298 g/mol. The summed E-state index contributed by atoms with van der Waals surface area (Å²) in [6, 6.07) is 17.0. The third-order valence-electron chi connectivity index (χ3n) is 3.48. The molecule has 5 heteroatoms. The molecule has 106 valence electrons. The van der Waals surface area contributed by atoms with Gasteiger partial charge in [-0.2, -0.15) is 0 Å². The van der Waals surface area contributed by atoms with E-state index in [0.29, 0.717) is 17.1 Å². The van der Waals surface area contributed by atoms with Crippen molar-refractivity contribution < 1.29 is 4.42 Å². The van der Waals surface area contributed by atoms with Crippen molar-refractivity contribution >= 4 is 28.3 Å². The van der Waals surface area contributed by atoms with E-state index >= 15 is 0 Å². The highest BCUT2D eigenvalue weighted by Gasteiger charge is 2.18. The van der Waals surface area contributed by atoms with Gasteiger partial charge in [0.25, 0.3) is 0 Å². The van der Waals surface area contributed by atoms with E-state index in [1.54, 1.807) is 10.6 Å². The number of fused-ring (bicyclic) bond motifs is 1. The maximum Gasteiger partial charge on any atom is 0.419 e. The smallest absolute Gasteiger partial charge is 0.408 e. The minimum atomic E-state index is -0.395. The van der Waals surface area contributed by atoms with Gasteiger partial charge < -0.3 is 10.2 Å². The van der Waals surface area contributed by atoms with Crippen molar-refractivity contribution in [3.8, 4) is 0 Å². The minimum absolute atomic E-state index is 0.208. The van der Waals surface area contributed by atoms with Gasteiger partial charge >= 0.3 is 5.76 Å². The Morgan fingerprint density at radius 2 is 1.81 bits per heavy atom. The van der Waals surface area contributed by atoms with Crippen LogP contribution >= 0.6 is 12.2 Å². The monoisotopic (exact) mass is 298 g/mol. The molecule has 0 radical (unpaired) electrons. The van der Waals surface area contributed by atoms with Gasteiger partial charge in [0.1, 0.15) is 0 Å². The van der Waals surface area contributed by atoms with Crippen LogP contribution in [0.5, 0.6) is 0 Å². The maximum atomic E-state index is 12.0. The van der Waals surface area contributed by atoms with E-state index in [1.807, 2.05) is 48.5 Å². The largest absolute Gasteiger partial charge is 0.419 e. The van der Waals surface area contributed by atoms with Gasteiger partial charge in [-0.25, -0.2) is 4.79 Å². The van der Waals surface area contributed by atoms with Crippen molar-refractivity contribution in [2.75, 3.05) is 0 Å². The summed E-state index contributed by atoms with van der Waals surface area (Å²) in [4.78, 5) is 12.4. The lowest BCUT2D eigenvalue weighted by Gasteiger charge is -2.16. The van der Waals surface area contributed by atoms with E-state index in [-0.39, 0.29) is 5.92 Å². The second-order valence-corrected chi connectivity index (χ2v) is 5.28. The fraction of sp³-hybridized carbons (Fsp3) is 0.125. The SMILES string of the molecule is NC(=S)C(Cn1c(=O)oc2ccccc21)c1ccccc1. The summed E-state index contributed by atoms with van der Waals surface area (Å²) in [7, 11) is 0. The molecule has 3 rings (SSSR count). The number of aromatic nitrogens is 1. The minimum Gasteiger partial charge on any atom is -0.408 e. The van der Waals surface area contributed by atoms with Crippen molar-refractivity contribution in [3.63, 3.8) is 0 Å². The lowest BCUT2D eigenvalue weighted by molar-refractivity contribution is 0.499. The van der Waals surface area contributed by atoms with Gasteiger partial charge in [-0.15, -0.1) is 0 Å². The molecule has 0 aliphatic carbocycles. The normalized spacial score (nSPS) is 12.4. The Morgan fingerprint density at radius 1 is 1.14 bits per heavy atom. The van der Waals surface area contributed by atoms with Crippen LogP contribution in [0, 0.1) is 0 Å². The van der Waals surface area contributed by atoms with Crippen LogP contribution in [0.3, 0.4) is 0 Å². The lowest BCUT2D eigenvalue weighted by atomic mass is 9.99. The van der Waals surface area contributed by atoms with E-state index in [2.05, 4.69) is 0 Å². The van der Waals surface area contributed by atoms with Gasteiger partial charge in [0, 0.05) is 6.54 Å². The Hall–Kier alpha value is -2.40. The standard InChI is InChI=1S/C16H14N2O2S/c17-15(21)12(11-6-2-1-3-7-11)10-18-13-8-4-5-9-14(13)20-16(18)19/h1-9,12H,10H2,(H2,17,21). The molecule has 1 aromatic heterocycles. The number of benzene rings is 2. The predicted octanol–water partition coefficient (Wildman–Crippen LogP) is 2.66. The predicted molar refractivity (Wildman–Crippen MR) is 86.4 cm³/mol. The van der Waals surface area contributed by atoms with E-state index in [0.717, 1.165) is 11.1 Å². The second kappa shape index (κ2) is 5.54. The molecule has 1 atom stereocenters. The van der Waals surface area contributed by atoms with Crippen LogP contribution in [0.4, 0.5) is 0 Å². The summed E-state index contributed by atoms with van der Waals surface area (Å²) < 4.78 is 6.81. The molecule has 0 amide bonds. The van der Waals surface area contributed by atoms with E-state index in [9.17, 15) is 4.79 Å². The fourth-order valence-corrected chi connectivity index (χ4v) is 2.63. The van der Waals surface area contributed by atoms with Crippen LogP contribution in [0.2, 0.25) is 0 Å². The van der Waals surface area contributed by atoms with E-state index in [1.165, 1.54) is 0 Å². The summed E-state index contributed by atoms with van der Waals surface area (Å²) in [6.45, 7) is 0.370. The molecular formula is C16H14N2O2S. The molecule has 0 bridgehead atoms. The maximum absolute atomic E-state index is 12.0. The van der Waals surface area contributed by atoms with Crippen LogP contribution in [0.15, 0.2) is 63.8 Å². The number of para-hydroxylation sites is 2. The second-order valence-electron chi connectivity index (χ2n) is 4.81. The summed E-state index contributed by atoms with van der Waals surface area (Å²) in [5.74, 6) is -0.603. The first-order valence-corrected chi connectivity index (χ1v) is 7.00. The molecule has 21 heavy (non-hydrogen) atoms. The third-order valence-corrected chi connectivity index (χ3v) is 3.77. The van der Waals surface area contributed by atoms with Gasteiger partial charge in [-0.3, -0.25) is 4.57 Å². The number of nitrogens with two attached hydrogens (primary N) is 1. The number of thiocarbonyl (C=S) groups is 1. The molecule has 0 spiro atoms. The number of rotatable bonds is 4. The van der Waals surface area contributed by atoms with Gasteiger partial charge in [-0.05, 0) is 17.7 Å². The van der Waals surface area contributed by atoms with E-state index in [4.69, 9.17) is 22.4 Å². The van der Waals surface area contributed by atoms with Crippen molar-refractivity contribution in [2.45, 2.75) is 12.5 Å². The number of oxazole rings is 1. The molecule has 1 heterocycles. The average Bonchev–Trinajstić information content (AvgIpc) is 2.81. The Morgan fingerprint density at radius 3 is 2.52 bits per heavy atom. The molecule has 0 fully saturated rings. The summed E-state index contributed by atoms with van der Waals surface area (Å²) in [5.41, 5.74) is 8.17. The molecule has 0 saturated heterocycles. The molecule has 0 aliphatic heterocycles. The zero-order chi connectivity index (χ0) is 14.8. The summed E-state index contributed by atoms with van der Waals surface area (Å²) in [5, 5.41) is 0. The quantitative estimate of drug-likeness (QED) is 0.752. The van der Waals surface area contributed by atoms with Crippen LogP contribution in [0.25, 0.3) is 11.1 Å². The lowest BCUT2D eigenvalue weighted by Crippen LogP contribution is -2.27. The van der Waals surface area contributed by atoms with Crippen molar-refractivity contribution in [3.05, 3.63) is 70.7 Å². The first-order chi connectivity index (χ1) is 10.2. The fourth-order valence-electron chi connectivity index (χ4n) is 2.41. The zero-order valence-corrected chi connectivity index (χ0v) is 12.0. The molecule has 2 N–H and O–H groups in total. The topological polar surface area (TPSA) is 61.2 Å². The number of hydrogen-bond acceptors (Lipinski definition) is 3. The van der Waals surface area contributed by atoms with Crippen molar-refractivity contribution in [1.82, 2.24) is 4.57 Å². The molecule has 3 aromatic rings. The highest BCUT2D eigenvalue weighted by molar-refractivity contribution is 7.80. The first-order valence-electron chi connectivity index (χ1n) is 6.59. The molecule has 0 saturated carbocycles. The van der Waals surface area contributed by atoms with Crippen LogP contribution < -0.4 is 11.5 Å². The van der Waals surface area contributed by atoms with Gasteiger partial charge in [0.15, 0.2) is 5.58 Å². The Balaban J connectivity index is 2.05. The van der Waals surface area contributed by atoms with Crippen molar-refractivity contribution in [2.24, 2.45) is 5.73 Å². The third kappa shape index (κ3) is 2.60. The molecule has 1 unspecified atom stereocenters. The van der Waals surface area contributed by atoms with Gasteiger partial charge in [-0.1, -0.05) is 54.7 Å². The van der Waals surface area contributed by atoms with Gasteiger partial charge in [0.2, 0.25) is 0 Å². The molecule has 0 aliphatic rings. The Bertz CT molecular complexity index is 836. The summed E-state index contributed by atoms with van der Waals surface area (Å²) >= 11 is 5.17. The highest BCUT2D eigenvalue weighted by atomic mass is 32.1.